The summed E-state index contributed by atoms with van der Waals surface area (Å²) in [7, 11) is 0. The maximum atomic E-state index is 13.0. The summed E-state index contributed by atoms with van der Waals surface area (Å²) in [6, 6.07) is -4.07. The van der Waals surface area contributed by atoms with Crippen LogP contribution in [0.4, 0.5) is 26.3 Å². The minimum atomic E-state index is -4.26. The minimum absolute atomic E-state index is 0. The largest absolute Gasteiger partial charge is 0.657 e. The van der Waals surface area contributed by atoms with E-state index >= 15 is 0 Å². The third-order valence-corrected chi connectivity index (χ3v) is 5.76. The molecule has 6 unspecified atom stereocenters. The second-order valence-electron chi connectivity index (χ2n) is 10.0. The molecule has 0 aliphatic rings. The minimum Gasteiger partial charge on any atom is -0.657 e. The third-order valence-electron chi connectivity index (χ3n) is 5.76. The van der Waals surface area contributed by atoms with Crippen LogP contribution in [0.1, 0.15) is 108 Å². The predicted octanol–water partition coefficient (Wildman–Crippen LogP) is 10.1. The second kappa shape index (κ2) is 20.8. The fraction of sp³-hybridized carbons (Fsp3) is 1.00. The summed E-state index contributed by atoms with van der Waals surface area (Å²) in [5, 5.41) is 16.4. The predicted molar refractivity (Wildman–Crippen MR) is 140 cm³/mol. The van der Waals surface area contributed by atoms with Crippen molar-refractivity contribution in [1.82, 2.24) is 0 Å². The molecule has 0 aromatic rings. The Morgan fingerprint density at radius 3 is 1.11 bits per heavy atom. The number of alkyl halides is 6. The smallest absolute Gasteiger partial charge is 0.373 e. The molecule has 1 radical (unpaired) electrons. The van der Waals surface area contributed by atoms with Gasteiger partial charge in [0.15, 0.2) is 0 Å². The number of rotatable bonds is 16. The van der Waals surface area contributed by atoms with E-state index in [1.807, 2.05) is 48.5 Å². The van der Waals surface area contributed by atoms with Gasteiger partial charge in [-0.15, -0.1) is 36.3 Å². The summed E-state index contributed by atoms with van der Waals surface area (Å²) in [6.07, 6.45) is -5.83. The number of halogens is 6. The maximum absolute atomic E-state index is 13.0. The molecular formula is C26H50CoF6N4-4. The van der Waals surface area contributed by atoms with Crippen molar-refractivity contribution in [2.45, 2.75) is 168 Å². The summed E-state index contributed by atoms with van der Waals surface area (Å²) in [4.78, 5) is 0. The SMILES string of the molecule is CCC(C)[N-]C(CC)CC([N-]C(C)CC)C(F)(F)F.CCC(CC([N-]C(C)C)C(F)(F)F)[N-]C(C)C.[Co]. The molecule has 0 amide bonds. The fourth-order valence-electron chi connectivity index (χ4n) is 3.40. The average molecular weight is 592 g/mol. The Bertz CT molecular complexity index is 532. The van der Waals surface area contributed by atoms with E-state index in [9.17, 15) is 26.3 Å². The van der Waals surface area contributed by atoms with E-state index in [0.29, 0.717) is 19.3 Å². The summed E-state index contributed by atoms with van der Waals surface area (Å²) in [5.41, 5.74) is 0. The van der Waals surface area contributed by atoms with E-state index in [1.165, 1.54) is 0 Å². The Morgan fingerprint density at radius 2 is 0.811 bits per heavy atom. The van der Waals surface area contributed by atoms with Crippen molar-refractivity contribution in [3.05, 3.63) is 21.3 Å². The zero-order chi connectivity index (χ0) is 28.7. The molecule has 0 spiro atoms. The first-order valence-corrected chi connectivity index (χ1v) is 13.3. The summed E-state index contributed by atoms with van der Waals surface area (Å²) in [5.74, 6) is 0. The first-order chi connectivity index (χ1) is 16.4. The van der Waals surface area contributed by atoms with Crippen LogP contribution < -0.4 is 0 Å². The quantitative estimate of drug-likeness (QED) is 0.160. The molecule has 0 aromatic carbocycles. The molecule has 0 fully saturated rings. The summed E-state index contributed by atoms with van der Waals surface area (Å²) in [6.45, 7) is 18.3. The standard InChI is InChI=1S/C14H27F3N2.C12H23F3N2.Co/c1-6-10(4)18-12(8-3)9-13(14(15,16)17)19-11(5)7-2;1-6-10(16-8(2)3)7-11(12(13,14)15)17-9(4)5;/h10-13H,6-9H2,1-5H3;8-11H,6-7H2,1-5H3;/q2*-2;. The number of hydrogen-bond acceptors (Lipinski definition) is 0. The van der Waals surface area contributed by atoms with Gasteiger partial charge in [-0.25, -0.2) is 0 Å². The van der Waals surface area contributed by atoms with Crippen LogP contribution in [-0.2, 0) is 16.8 Å². The van der Waals surface area contributed by atoms with E-state index < -0.39 is 24.4 Å². The molecule has 6 atom stereocenters. The molecule has 0 bridgehead atoms. The van der Waals surface area contributed by atoms with Crippen molar-refractivity contribution in [1.29, 1.82) is 0 Å². The Hall–Kier alpha value is -0.0735. The zero-order valence-electron chi connectivity index (χ0n) is 24.3. The molecule has 0 aliphatic heterocycles. The van der Waals surface area contributed by atoms with Gasteiger partial charge in [0.1, 0.15) is 0 Å². The number of hydrogen-bond donors (Lipinski definition) is 0. The molecular weight excluding hydrogens is 541 g/mol. The van der Waals surface area contributed by atoms with Gasteiger partial charge in [-0.2, -0.15) is 26.3 Å². The first-order valence-electron chi connectivity index (χ1n) is 13.3. The van der Waals surface area contributed by atoms with Crippen LogP contribution in [0.5, 0.6) is 0 Å². The third kappa shape index (κ3) is 21.4. The number of nitrogens with zero attached hydrogens (tertiary/aromatic N) is 4. The van der Waals surface area contributed by atoms with Gasteiger partial charge in [0.2, 0.25) is 0 Å². The van der Waals surface area contributed by atoms with Crippen LogP contribution in [0.25, 0.3) is 21.3 Å². The van der Waals surface area contributed by atoms with E-state index in [-0.39, 0.29) is 65.9 Å². The van der Waals surface area contributed by atoms with Crippen LogP contribution in [0.2, 0.25) is 0 Å². The molecule has 0 rings (SSSR count). The Labute approximate surface area is 232 Å². The van der Waals surface area contributed by atoms with Crippen molar-refractivity contribution >= 4 is 0 Å². The van der Waals surface area contributed by atoms with Gasteiger partial charge in [-0.3, -0.25) is 0 Å². The van der Waals surface area contributed by atoms with Gasteiger partial charge in [0.25, 0.3) is 0 Å². The van der Waals surface area contributed by atoms with Crippen LogP contribution in [-0.4, -0.2) is 60.7 Å². The van der Waals surface area contributed by atoms with Gasteiger partial charge in [0.05, 0.1) is 0 Å². The molecule has 0 saturated heterocycles. The van der Waals surface area contributed by atoms with Crippen molar-refractivity contribution < 1.29 is 43.1 Å². The molecule has 37 heavy (non-hydrogen) atoms. The average Bonchev–Trinajstić information content (AvgIpc) is 2.75. The molecule has 0 heterocycles. The van der Waals surface area contributed by atoms with Gasteiger partial charge >= 0.3 is 12.4 Å². The van der Waals surface area contributed by atoms with Gasteiger partial charge < -0.3 is 21.3 Å². The topological polar surface area (TPSA) is 56.4 Å². The fourth-order valence-corrected chi connectivity index (χ4v) is 3.40. The molecule has 11 heteroatoms. The van der Waals surface area contributed by atoms with E-state index in [4.69, 9.17) is 0 Å². The van der Waals surface area contributed by atoms with Gasteiger partial charge in [-0.1, -0.05) is 108 Å². The van der Waals surface area contributed by atoms with Crippen molar-refractivity contribution in [3.8, 4) is 0 Å². The monoisotopic (exact) mass is 591 g/mol. The van der Waals surface area contributed by atoms with E-state index in [0.717, 1.165) is 6.42 Å². The normalized spacial score (nSPS) is 17.4. The molecule has 0 aromatic heterocycles. The van der Waals surface area contributed by atoms with Crippen LogP contribution in [0, 0.1) is 0 Å². The zero-order valence-corrected chi connectivity index (χ0v) is 25.3. The maximum Gasteiger partial charge on any atom is 0.373 e. The molecule has 0 N–H and O–H groups in total. The van der Waals surface area contributed by atoms with Crippen molar-refractivity contribution in [3.63, 3.8) is 0 Å². The Balaban J connectivity index is -0.000000612. The molecule has 229 valence electrons. The van der Waals surface area contributed by atoms with Crippen LogP contribution in [0.15, 0.2) is 0 Å². The Morgan fingerprint density at radius 1 is 0.486 bits per heavy atom. The second-order valence-corrected chi connectivity index (χ2v) is 10.0. The van der Waals surface area contributed by atoms with E-state index in [1.54, 1.807) is 20.8 Å². The van der Waals surface area contributed by atoms with Crippen LogP contribution in [0.3, 0.4) is 0 Å². The van der Waals surface area contributed by atoms with Gasteiger partial charge in [-0.05, 0) is 12.1 Å². The Kier molecular flexibility index (Phi) is 23.3. The molecule has 0 saturated carbocycles. The van der Waals surface area contributed by atoms with Crippen LogP contribution >= 0.6 is 0 Å². The molecule has 0 aliphatic carbocycles. The van der Waals surface area contributed by atoms with Crippen molar-refractivity contribution in [2.75, 3.05) is 0 Å². The summed E-state index contributed by atoms with van der Waals surface area (Å²) >= 11 is 0. The van der Waals surface area contributed by atoms with Crippen molar-refractivity contribution in [2.24, 2.45) is 0 Å². The molecule has 4 nitrogen and oxygen atoms in total. The summed E-state index contributed by atoms with van der Waals surface area (Å²) < 4.78 is 77.3. The van der Waals surface area contributed by atoms with E-state index in [2.05, 4.69) is 21.3 Å². The van der Waals surface area contributed by atoms with Gasteiger partial charge in [0, 0.05) is 16.8 Å². The first kappa shape index (κ1) is 41.4.